The topological polar surface area (TPSA) is 64.3 Å². The second kappa shape index (κ2) is 4.95. The number of amides is 1. The number of aryl methyl sites for hydroxylation is 1. The van der Waals surface area contributed by atoms with Crippen molar-refractivity contribution in [1.29, 1.82) is 5.26 Å². The second-order valence-electron chi connectivity index (χ2n) is 5.26. The van der Waals surface area contributed by atoms with Crippen LogP contribution in [-0.2, 0) is 17.6 Å². The molecule has 0 aromatic carbocycles. The van der Waals surface area contributed by atoms with Crippen LogP contribution in [0.2, 0.25) is 0 Å². The van der Waals surface area contributed by atoms with Crippen LogP contribution in [0.4, 0.5) is 5.00 Å². The number of fused-ring (bicyclic) bond motifs is 1. The number of carbonyl (C=O) groups is 1. The van der Waals surface area contributed by atoms with E-state index in [9.17, 15) is 15.2 Å². The standard InChI is InChI=1S/C14H16N2O2S/c15-6-11-10-3-1-2-4-12(10)19-14(11)16-7-9(8-17)5-13(16)18/h9,17H,1-5,7-8H2. The van der Waals surface area contributed by atoms with Crippen LogP contribution in [0.15, 0.2) is 0 Å². The molecule has 2 aliphatic rings. The second-order valence-corrected chi connectivity index (χ2v) is 6.34. The van der Waals surface area contributed by atoms with Crippen molar-refractivity contribution in [3.63, 3.8) is 0 Å². The van der Waals surface area contributed by atoms with Crippen molar-refractivity contribution in [2.24, 2.45) is 5.92 Å². The number of nitriles is 1. The number of hydrogen-bond acceptors (Lipinski definition) is 4. The lowest BCUT2D eigenvalue weighted by Crippen LogP contribution is -2.24. The molecule has 1 atom stereocenters. The molecule has 1 fully saturated rings. The summed E-state index contributed by atoms with van der Waals surface area (Å²) in [5.74, 6) is 0.0484. The van der Waals surface area contributed by atoms with Gasteiger partial charge in [0, 0.05) is 30.4 Å². The van der Waals surface area contributed by atoms with Gasteiger partial charge < -0.3 is 10.0 Å². The average molecular weight is 276 g/mol. The van der Waals surface area contributed by atoms with Gasteiger partial charge in [0.15, 0.2) is 0 Å². The summed E-state index contributed by atoms with van der Waals surface area (Å²) in [6.07, 6.45) is 4.68. The van der Waals surface area contributed by atoms with Gasteiger partial charge in [0.1, 0.15) is 11.1 Å². The average Bonchev–Trinajstić information content (AvgIpc) is 2.98. The Labute approximate surface area is 116 Å². The van der Waals surface area contributed by atoms with E-state index in [1.807, 2.05) is 0 Å². The van der Waals surface area contributed by atoms with Crippen molar-refractivity contribution in [3.8, 4) is 6.07 Å². The molecule has 4 nitrogen and oxygen atoms in total. The van der Waals surface area contributed by atoms with E-state index in [2.05, 4.69) is 6.07 Å². The molecule has 5 heteroatoms. The summed E-state index contributed by atoms with van der Waals surface area (Å²) in [4.78, 5) is 15.0. The predicted octanol–water partition coefficient (Wildman–Crippen LogP) is 1.84. The highest BCUT2D eigenvalue weighted by Crippen LogP contribution is 2.41. The smallest absolute Gasteiger partial charge is 0.228 e. The van der Waals surface area contributed by atoms with Crippen molar-refractivity contribution in [2.45, 2.75) is 32.1 Å². The highest BCUT2D eigenvalue weighted by Gasteiger charge is 2.34. The number of anilines is 1. The third-order valence-corrected chi connectivity index (χ3v) is 5.29. The van der Waals surface area contributed by atoms with E-state index >= 15 is 0 Å². The fraction of sp³-hybridized carbons (Fsp3) is 0.571. The third-order valence-electron chi connectivity index (χ3n) is 3.97. The van der Waals surface area contributed by atoms with Crippen LogP contribution in [0.5, 0.6) is 0 Å². The summed E-state index contributed by atoms with van der Waals surface area (Å²) >= 11 is 1.60. The minimum Gasteiger partial charge on any atom is -0.396 e. The molecule has 1 amide bonds. The summed E-state index contributed by atoms with van der Waals surface area (Å²) < 4.78 is 0. The summed E-state index contributed by atoms with van der Waals surface area (Å²) in [6, 6.07) is 2.29. The van der Waals surface area contributed by atoms with Gasteiger partial charge in [0.2, 0.25) is 5.91 Å². The molecule has 1 aromatic rings. The molecule has 0 spiro atoms. The molecule has 0 saturated carbocycles. The van der Waals surface area contributed by atoms with Crippen LogP contribution in [0.1, 0.15) is 35.3 Å². The predicted molar refractivity (Wildman–Crippen MR) is 73.2 cm³/mol. The molecule has 1 aliphatic carbocycles. The minimum atomic E-state index is 0.0122. The molecule has 0 bridgehead atoms. The maximum Gasteiger partial charge on any atom is 0.228 e. The normalized spacial score (nSPS) is 22.4. The van der Waals surface area contributed by atoms with Crippen molar-refractivity contribution < 1.29 is 9.90 Å². The Balaban J connectivity index is 1.99. The maximum atomic E-state index is 12.0. The van der Waals surface area contributed by atoms with Crippen LogP contribution in [0.25, 0.3) is 0 Å². The van der Waals surface area contributed by atoms with Gasteiger partial charge in [0.05, 0.1) is 5.56 Å². The number of nitrogens with zero attached hydrogens (tertiary/aromatic N) is 2. The molecule has 1 aromatic heterocycles. The third kappa shape index (κ3) is 2.05. The number of hydrogen-bond donors (Lipinski definition) is 1. The largest absolute Gasteiger partial charge is 0.396 e. The number of aliphatic hydroxyl groups is 1. The zero-order valence-electron chi connectivity index (χ0n) is 10.7. The lowest BCUT2D eigenvalue weighted by atomic mass is 9.96. The highest BCUT2D eigenvalue weighted by atomic mass is 32.1. The van der Waals surface area contributed by atoms with E-state index in [4.69, 9.17) is 0 Å². The van der Waals surface area contributed by atoms with E-state index in [0.29, 0.717) is 18.5 Å². The van der Waals surface area contributed by atoms with Crippen LogP contribution >= 0.6 is 11.3 Å². The van der Waals surface area contributed by atoms with Crippen LogP contribution < -0.4 is 4.90 Å². The monoisotopic (exact) mass is 276 g/mol. The molecule has 19 heavy (non-hydrogen) atoms. The first-order chi connectivity index (χ1) is 9.24. The molecule has 2 heterocycles. The van der Waals surface area contributed by atoms with E-state index in [1.54, 1.807) is 16.2 Å². The van der Waals surface area contributed by atoms with E-state index in [1.165, 1.54) is 11.3 Å². The number of rotatable bonds is 2. The van der Waals surface area contributed by atoms with Crippen molar-refractivity contribution in [2.75, 3.05) is 18.1 Å². The van der Waals surface area contributed by atoms with E-state index in [0.717, 1.165) is 29.8 Å². The fourth-order valence-electron chi connectivity index (χ4n) is 2.96. The molecule has 1 unspecified atom stereocenters. The molecule has 1 aliphatic heterocycles. The molecule has 0 radical (unpaired) electrons. The zero-order chi connectivity index (χ0) is 13.4. The summed E-state index contributed by atoms with van der Waals surface area (Å²) in [7, 11) is 0. The molecular formula is C14H16N2O2S. The van der Waals surface area contributed by atoms with Gasteiger partial charge in [-0.1, -0.05) is 0 Å². The van der Waals surface area contributed by atoms with Crippen LogP contribution in [0.3, 0.4) is 0 Å². The van der Waals surface area contributed by atoms with Gasteiger partial charge in [-0.25, -0.2) is 0 Å². The summed E-state index contributed by atoms with van der Waals surface area (Å²) in [6.45, 7) is 0.582. The molecule has 1 saturated heterocycles. The first-order valence-corrected chi connectivity index (χ1v) is 7.52. The first kappa shape index (κ1) is 12.6. The Bertz CT molecular complexity index is 559. The summed E-state index contributed by atoms with van der Waals surface area (Å²) in [5.41, 5.74) is 1.86. The maximum absolute atomic E-state index is 12.0. The van der Waals surface area contributed by atoms with Crippen molar-refractivity contribution in [1.82, 2.24) is 0 Å². The molecule has 1 N–H and O–H groups in total. The number of carbonyl (C=O) groups excluding carboxylic acids is 1. The van der Waals surface area contributed by atoms with Gasteiger partial charge in [-0.2, -0.15) is 5.26 Å². The van der Waals surface area contributed by atoms with E-state index in [-0.39, 0.29) is 18.4 Å². The number of aliphatic hydroxyl groups excluding tert-OH is 1. The molecule has 100 valence electrons. The molecule has 3 rings (SSSR count). The quantitative estimate of drug-likeness (QED) is 0.896. The van der Waals surface area contributed by atoms with Crippen molar-refractivity contribution >= 4 is 22.2 Å². The Morgan fingerprint density at radius 2 is 2.21 bits per heavy atom. The van der Waals surface area contributed by atoms with Crippen LogP contribution in [0, 0.1) is 17.2 Å². The van der Waals surface area contributed by atoms with Gasteiger partial charge in [-0.15, -0.1) is 11.3 Å². The Morgan fingerprint density at radius 3 is 2.89 bits per heavy atom. The fourth-order valence-corrected chi connectivity index (χ4v) is 4.32. The Hall–Kier alpha value is -1.38. The number of thiophene rings is 1. The first-order valence-electron chi connectivity index (χ1n) is 6.70. The molecular weight excluding hydrogens is 260 g/mol. The van der Waals surface area contributed by atoms with Crippen molar-refractivity contribution in [3.05, 3.63) is 16.0 Å². The van der Waals surface area contributed by atoms with Crippen LogP contribution in [-0.4, -0.2) is 24.2 Å². The lowest BCUT2D eigenvalue weighted by molar-refractivity contribution is -0.117. The van der Waals surface area contributed by atoms with Gasteiger partial charge in [-0.05, 0) is 31.2 Å². The Kier molecular flexibility index (Phi) is 3.29. The Morgan fingerprint density at radius 1 is 1.42 bits per heavy atom. The van der Waals surface area contributed by atoms with Gasteiger partial charge in [-0.3, -0.25) is 4.79 Å². The minimum absolute atomic E-state index is 0.0122. The SMILES string of the molecule is N#Cc1c(N2CC(CO)CC2=O)sc2c1CCCC2. The summed E-state index contributed by atoms with van der Waals surface area (Å²) in [5, 5.41) is 19.4. The zero-order valence-corrected chi connectivity index (χ0v) is 11.5. The van der Waals surface area contributed by atoms with Gasteiger partial charge >= 0.3 is 0 Å². The van der Waals surface area contributed by atoms with Gasteiger partial charge in [0.25, 0.3) is 0 Å². The highest BCUT2D eigenvalue weighted by molar-refractivity contribution is 7.16. The van der Waals surface area contributed by atoms with E-state index < -0.39 is 0 Å². The lowest BCUT2D eigenvalue weighted by Gasteiger charge is -2.14.